The number of rotatable bonds is 5. The van der Waals surface area contributed by atoms with E-state index in [0.29, 0.717) is 6.04 Å². The van der Waals surface area contributed by atoms with Crippen LogP contribution in [0.15, 0.2) is 10.6 Å². The van der Waals surface area contributed by atoms with Crippen molar-refractivity contribution in [2.24, 2.45) is 11.8 Å². The molecule has 1 saturated carbocycles. The second-order valence-electron chi connectivity index (χ2n) is 7.15. The van der Waals surface area contributed by atoms with Gasteiger partial charge in [-0.1, -0.05) is 38.3 Å². The SMILES string of the molecule is CC(C)NCc1cc(CN2CCC3CCCCC3C2)on1. The summed E-state index contributed by atoms with van der Waals surface area (Å²) in [6, 6.07) is 2.60. The largest absolute Gasteiger partial charge is 0.360 e. The van der Waals surface area contributed by atoms with Gasteiger partial charge in [0.25, 0.3) is 0 Å². The average molecular weight is 291 g/mol. The standard InChI is InChI=1S/C17H29N3O/c1-13(2)18-10-16-9-17(21-19-16)12-20-8-7-14-5-3-4-6-15(14)11-20/h9,13-15,18H,3-8,10-12H2,1-2H3. The van der Waals surface area contributed by atoms with Gasteiger partial charge in [-0.25, -0.2) is 0 Å². The lowest BCUT2D eigenvalue weighted by Gasteiger charge is -2.40. The Labute approximate surface area is 128 Å². The van der Waals surface area contributed by atoms with Crippen LogP contribution in [0.4, 0.5) is 0 Å². The van der Waals surface area contributed by atoms with E-state index >= 15 is 0 Å². The molecule has 2 aliphatic rings. The molecule has 1 aliphatic heterocycles. The molecule has 0 bridgehead atoms. The number of nitrogens with zero attached hydrogens (tertiary/aromatic N) is 2. The summed E-state index contributed by atoms with van der Waals surface area (Å²) in [4.78, 5) is 2.56. The molecule has 1 saturated heterocycles. The molecule has 0 aromatic carbocycles. The normalized spacial score (nSPS) is 27.0. The van der Waals surface area contributed by atoms with E-state index in [-0.39, 0.29) is 0 Å². The molecular formula is C17H29N3O. The summed E-state index contributed by atoms with van der Waals surface area (Å²) in [6.07, 6.45) is 7.16. The first-order chi connectivity index (χ1) is 10.2. The monoisotopic (exact) mass is 291 g/mol. The van der Waals surface area contributed by atoms with Crippen molar-refractivity contribution in [3.05, 3.63) is 17.5 Å². The molecule has 0 amide bonds. The van der Waals surface area contributed by atoms with Crippen LogP contribution in [-0.2, 0) is 13.1 Å². The molecule has 2 unspecified atom stereocenters. The predicted molar refractivity (Wildman–Crippen MR) is 83.8 cm³/mol. The fourth-order valence-corrected chi connectivity index (χ4v) is 3.86. The third-order valence-corrected chi connectivity index (χ3v) is 5.05. The van der Waals surface area contributed by atoms with Crippen LogP contribution in [0.1, 0.15) is 57.4 Å². The summed E-state index contributed by atoms with van der Waals surface area (Å²) < 4.78 is 5.50. The molecule has 2 heterocycles. The lowest BCUT2D eigenvalue weighted by Crippen LogP contribution is -2.41. The minimum absolute atomic E-state index is 0.482. The van der Waals surface area contributed by atoms with E-state index in [1.54, 1.807) is 0 Å². The number of likely N-dealkylation sites (tertiary alicyclic amines) is 1. The van der Waals surface area contributed by atoms with Crippen molar-refractivity contribution >= 4 is 0 Å². The van der Waals surface area contributed by atoms with Crippen molar-refractivity contribution in [1.29, 1.82) is 0 Å². The van der Waals surface area contributed by atoms with E-state index in [0.717, 1.165) is 36.4 Å². The number of fused-ring (bicyclic) bond motifs is 1. The number of nitrogens with one attached hydrogen (secondary N) is 1. The first kappa shape index (κ1) is 15.0. The maximum absolute atomic E-state index is 5.50. The molecule has 118 valence electrons. The van der Waals surface area contributed by atoms with E-state index in [1.807, 2.05) is 0 Å². The maximum atomic E-state index is 5.50. The fraction of sp³-hybridized carbons (Fsp3) is 0.824. The van der Waals surface area contributed by atoms with Gasteiger partial charge < -0.3 is 9.84 Å². The summed E-state index contributed by atoms with van der Waals surface area (Å²) in [6.45, 7) is 8.50. The highest BCUT2D eigenvalue weighted by Gasteiger charge is 2.31. The van der Waals surface area contributed by atoms with Crippen LogP contribution in [0.3, 0.4) is 0 Å². The zero-order chi connectivity index (χ0) is 14.7. The lowest BCUT2D eigenvalue weighted by molar-refractivity contribution is 0.0759. The number of hydrogen-bond acceptors (Lipinski definition) is 4. The fourth-order valence-electron chi connectivity index (χ4n) is 3.86. The molecule has 21 heavy (non-hydrogen) atoms. The minimum atomic E-state index is 0.482. The molecule has 2 atom stereocenters. The average Bonchev–Trinajstić information content (AvgIpc) is 2.92. The summed E-state index contributed by atoms with van der Waals surface area (Å²) >= 11 is 0. The quantitative estimate of drug-likeness (QED) is 0.904. The maximum Gasteiger partial charge on any atom is 0.151 e. The highest BCUT2D eigenvalue weighted by atomic mass is 16.5. The number of hydrogen-bond donors (Lipinski definition) is 1. The van der Waals surface area contributed by atoms with Crippen molar-refractivity contribution in [3.8, 4) is 0 Å². The number of aromatic nitrogens is 1. The Morgan fingerprint density at radius 1 is 1.29 bits per heavy atom. The molecule has 2 fully saturated rings. The van der Waals surface area contributed by atoms with Gasteiger partial charge in [-0.2, -0.15) is 0 Å². The molecule has 1 N–H and O–H groups in total. The molecule has 4 heteroatoms. The van der Waals surface area contributed by atoms with Crippen LogP contribution >= 0.6 is 0 Å². The van der Waals surface area contributed by atoms with E-state index < -0.39 is 0 Å². The molecule has 1 aromatic heterocycles. The smallest absolute Gasteiger partial charge is 0.151 e. The van der Waals surface area contributed by atoms with Crippen molar-refractivity contribution in [1.82, 2.24) is 15.4 Å². The first-order valence-corrected chi connectivity index (χ1v) is 8.61. The van der Waals surface area contributed by atoms with Gasteiger partial charge in [0.15, 0.2) is 5.76 Å². The second kappa shape index (κ2) is 6.93. The molecule has 3 rings (SSSR count). The predicted octanol–water partition coefficient (Wildman–Crippen LogP) is 3.18. The Bertz CT molecular complexity index is 443. The third kappa shape index (κ3) is 4.07. The van der Waals surface area contributed by atoms with Crippen molar-refractivity contribution in [3.63, 3.8) is 0 Å². The van der Waals surface area contributed by atoms with Gasteiger partial charge in [-0.05, 0) is 31.2 Å². The van der Waals surface area contributed by atoms with Crippen LogP contribution < -0.4 is 5.32 Å². The van der Waals surface area contributed by atoms with Crippen LogP contribution in [0, 0.1) is 11.8 Å². The Morgan fingerprint density at radius 2 is 2.10 bits per heavy atom. The Kier molecular flexibility index (Phi) is 4.96. The van der Waals surface area contributed by atoms with Gasteiger partial charge in [-0.15, -0.1) is 0 Å². The molecule has 1 aromatic rings. The molecular weight excluding hydrogens is 262 g/mol. The highest BCUT2D eigenvalue weighted by molar-refractivity contribution is 5.05. The van der Waals surface area contributed by atoms with Crippen molar-refractivity contribution in [2.75, 3.05) is 13.1 Å². The topological polar surface area (TPSA) is 41.3 Å². The van der Waals surface area contributed by atoms with Gasteiger partial charge >= 0.3 is 0 Å². The summed E-state index contributed by atoms with van der Waals surface area (Å²) in [5.41, 5.74) is 1.02. The zero-order valence-corrected chi connectivity index (χ0v) is 13.5. The van der Waals surface area contributed by atoms with Crippen molar-refractivity contribution in [2.45, 2.75) is 65.1 Å². The van der Waals surface area contributed by atoms with Gasteiger partial charge in [-0.3, -0.25) is 4.90 Å². The Morgan fingerprint density at radius 3 is 2.90 bits per heavy atom. The molecule has 0 spiro atoms. The molecule has 1 aliphatic carbocycles. The summed E-state index contributed by atoms with van der Waals surface area (Å²) in [5.74, 6) is 2.94. The van der Waals surface area contributed by atoms with E-state index in [4.69, 9.17) is 4.52 Å². The number of piperidine rings is 1. The van der Waals surface area contributed by atoms with E-state index in [2.05, 4.69) is 35.3 Å². The van der Waals surface area contributed by atoms with Crippen LogP contribution in [0.2, 0.25) is 0 Å². The first-order valence-electron chi connectivity index (χ1n) is 8.61. The van der Waals surface area contributed by atoms with Crippen LogP contribution in [0.25, 0.3) is 0 Å². The van der Waals surface area contributed by atoms with Gasteiger partial charge in [0.2, 0.25) is 0 Å². The Balaban J connectivity index is 1.50. The van der Waals surface area contributed by atoms with Gasteiger partial charge in [0.05, 0.1) is 12.2 Å². The van der Waals surface area contributed by atoms with Crippen LogP contribution in [0.5, 0.6) is 0 Å². The summed E-state index contributed by atoms with van der Waals surface area (Å²) in [7, 11) is 0. The second-order valence-corrected chi connectivity index (χ2v) is 7.15. The van der Waals surface area contributed by atoms with Gasteiger partial charge in [0.1, 0.15) is 0 Å². The molecule has 4 nitrogen and oxygen atoms in total. The minimum Gasteiger partial charge on any atom is -0.360 e. The van der Waals surface area contributed by atoms with E-state index in [9.17, 15) is 0 Å². The Hall–Kier alpha value is -0.870. The molecule has 0 radical (unpaired) electrons. The third-order valence-electron chi connectivity index (χ3n) is 5.05. The van der Waals surface area contributed by atoms with E-state index in [1.165, 1.54) is 45.2 Å². The zero-order valence-electron chi connectivity index (χ0n) is 13.5. The van der Waals surface area contributed by atoms with Crippen molar-refractivity contribution < 1.29 is 4.52 Å². The van der Waals surface area contributed by atoms with Gasteiger partial charge in [0, 0.05) is 25.2 Å². The highest BCUT2D eigenvalue weighted by Crippen LogP contribution is 2.36. The lowest BCUT2D eigenvalue weighted by atomic mass is 9.75. The van der Waals surface area contributed by atoms with Crippen LogP contribution in [-0.4, -0.2) is 29.2 Å². The summed E-state index contributed by atoms with van der Waals surface area (Å²) in [5, 5.41) is 7.55.